The molecule has 0 saturated carbocycles. The van der Waals surface area contributed by atoms with Crippen molar-refractivity contribution in [1.29, 1.82) is 4.78 Å². The number of Topliss-reactive ketones (excluding diaryl/α,β-unsaturated/α-hetero) is 2. The summed E-state index contributed by atoms with van der Waals surface area (Å²) < 4.78 is 104. The minimum absolute atomic E-state index is 0.00333. The van der Waals surface area contributed by atoms with Crippen LogP contribution in [0.5, 0.6) is 0 Å². The molecule has 0 bridgehead atoms. The van der Waals surface area contributed by atoms with E-state index < -0.39 is 33.4 Å². The maximum atomic E-state index is 14.5. The summed E-state index contributed by atoms with van der Waals surface area (Å²) in [6.45, 7) is 15.0. The first kappa shape index (κ1) is 89.9. The highest BCUT2D eigenvalue weighted by atomic mass is 35.5. The summed E-state index contributed by atoms with van der Waals surface area (Å²) in [5.74, 6) is -3.23. The normalized spacial score (nSPS) is 11.3. The zero-order valence-corrected chi connectivity index (χ0v) is 69.3. The molecule has 1 amide bonds. The lowest BCUT2D eigenvalue weighted by Crippen LogP contribution is -2.25. The number of allylic oxidation sites excluding steroid dienone is 1. The van der Waals surface area contributed by atoms with E-state index in [1.807, 2.05) is 84.7 Å². The molecule has 8 aromatic carbocycles. The van der Waals surface area contributed by atoms with Crippen LogP contribution in [0.2, 0.25) is 5.15 Å². The number of pyridine rings is 4. The molecule has 4 heterocycles. The largest absolute Gasteiger partial charge is 0.384 e. The molecule has 0 spiro atoms. The van der Waals surface area contributed by atoms with Crippen LogP contribution in [0.25, 0.3) is 50.1 Å². The number of ketones is 2. The van der Waals surface area contributed by atoms with E-state index in [0.717, 1.165) is 96.8 Å². The summed E-state index contributed by atoms with van der Waals surface area (Å²) in [7, 11) is 4.19. The molecular formula is C96H99ClF6N10O4S. The van der Waals surface area contributed by atoms with E-state index in [1.54, 1.807) is 85.9 Å². The molecule has 12 rings (SSSR count). The first-order valence-electron chi connectivity index (χ1n) is 39.2. The third-order valence-electron chi connectivity index (χ3n) is 19.9. The molecule has 612 valence electrons. The molecule has 0 aliphatic carbocycles. The fraction of sp³-hybridized carbons (Fsp3) is 0.240. The fourth-order valence-electron chi connectivity index (χ4n) is 13.0. The fourth-order valence-corrected chi connectivity index (χ4v) is 14.4. The third kappa shape index (κ3) is 26.0. The number of nitrogens with one attached hydrogen (secondary N) is 1. The van der Waals surface area contributed by atoms with Gasteiger partial charge in [-0.05, 0) is 215 Å². The van der Waals surface area contributed by atoms with Crippen molar-refractivity contribution in [2.24, 2.45) is 0 Å². The van der Waals surface area contributed by atoms with E-state index in [1.165, 1.54) is 88.6 Å². The number of benzene rings is 8. The minimum atomic E-state index is -3.23. The number of carbonyl (C=O) groups is 3. The molecular weight excluding hydrogens is 1540 g/mol. The van der Waals surface area contributed by atoms with E-state index >= 15 is 0 Å². The second-order valence-corrected chi connectivity index (χ2v) is 31.2. The smallest absolute Gasteiger partial charge is 0.226 e. The molecule has 4 aromatic heterocycles. The number of amides is 1. The average molecular weight is 1640 g/mol. The van der Waals surface area contributed by atoms with Crippen molar-refractivity contribution >= 4 is 72.9 Å². The van der Waals surface area contributed by atoms with Gasteiger partial charge in [-0.2, -0.15) is 18.2 Å². The number of aromatic nitrogens is 4. The van der Waals surface area contributed by atoms with Crippen LogP contribution in [0.15, 0.2) is 255 Å². The van der Waals surface area contributed by atoms with E-state index in [9.17, 15) is 44.9 Å². The van der Waals surface area contributed by atoms with Crippen LogP contribution >= 0.6 is 11.6 Å². The molecule has 12 aromatic rings. The number of nitrogens with zero attached hydrogens (tertiary/aromatic N) is 8. The average Bonchev–Trinajstić information content (AvgIpc) is 0.756. The molecule has 118 heavy (non-hydrogen) atoms. The lowest BCUT2D eigenvalue weighted by atomic mass is 9.97. The Hall–Kier alpha value is -12.1. The molecule has 1 atom stereocenters. The van der Waals surface area contributed by atoms with Crippen LogP contribution in [0.1, 0.15) is 121 Å². The van der Waals surface area contributed by atoms with Gasteiger partial charge in [0.05, 0.1) is 26.8 Å². The van der Waals surface area contributed by atoms with Gasteiger partial charge in [0.1, 0.15) is 28.4 Å². The van der Waals surface area contributed by atoms with Crippen LogP contribution in [0, 0.1) is 40.1 Å². The topological polar surface area (TPSA) is 183 Å². The number of aryl methyl sites for hydroxylation is 4. The summed E-state index contributed by atoms with van der Waals surface area (Å²) >= 11 is 5.78. The zero-order valence-electron chi connectivity index (χ0n) is 67.7. The maximum Gasteiger partial charge on any atom is 0.226 e. The zero-order chi connectivity index (χ0) is 85.0. The minimum Gasteiger partial charge on any atom is -0.384 e. The Bertz CT molecular complexity index is 5280. The first-order chi connectivity index (χ1) is 56.6. The highest BCUT2D eigenvalue weighted by Crippen LogP contribution is 2.33. The summed E-state index contributed by atoms with van der Waals surface area (Å²) in [6, 6.07) is 65.8. The summed E-state index contributed by atoms with van der Waals surface area (Å²) in [6.07, 6.45) is 11.9. The lowest BCUT2D eigenvalue weighted by Gasteiger charge is -2.19. The molecule has 1 unspecified atom stereocenters. The highest BCUT2D eigenvalue weighted by Gasteiger charge is 2.19. The number of anilines is 5. The van der Waals surface area contributed by atoms with Gasteiger partial charge in [-0.15, -0.1) is 0 Å². The van der Waals surface area contributed by atoms with Gasteiger partial charge in [0.25, 0.3) is 0 Å². The van der Waals surface area contributed by atoms with Gasteiger partial charge < -0.3 is 25.3 Å². The van der Waals surface area contributed by atoms with Gasteiger partial charge >= 0.3 is 0 Å². The SMILES string of the molecule is C=C(CCc1ccc(N)nc1)c1ccc(-c2ccc(N(C)CCC)cc2)cc1.CCC(=O)N(C)c1ccc(-c2ccc(S(=N)(=O)CCc3ccc(F)nc3F)cc2)cc1F.CCCN(C)c1ccc(-c2ccc(C(=O)CCc3ccc(Cl)nc3)cc2)cc1F.CCCN(C)c1ccc(-c2ccc(C(=O)CCc3ccc(F)nc3)cc2)cc1F. The quantitative estimate of drug-likeness (QED) is 0.0239. The van der Waals surface area contributed by atoms with Crippen LogP contribution < -0.4 is 25.3 Å². The Labute approximate surface area is 694 Å². The number of rotatable bonds is 31. The number of nitrogens with two attached hydrogens (primary N) is 1. The Morgan fingerprint density at radius 3 is 1.26 bits per heavy atom. The van der Waals surface area contributed by atoms with Gasteiger partial charge in [-0.1, -0.05) is 179 Å². The first-order valence-corrected chi connectivity index (χ1v) is 41.3. The summed E-state index contributed by atoms with van der Waals surface area (Å²) in [4.78, 5) is 59.1. The molecule has 0 radical (unpaired) electrons. The van der Waals surface area contributed by atoms with E-state index in [2.05, 4.69) is 108 Å². The molecule has 0 fully saturated rings. The highest BCUT2D eigenvalue weighted by molar-refractivity contribution is 7.92. The number of halogens is 7. The number of hydrogen-bond acceptors (Lipinski definition) is 13. The molecule has 22 heteroatoms. The number of nitrogen functional groups attached to an aromatic ring is 1. The van der Waals surface area contributed by atoms with Crippen molar-refractivity contribution in [3.8, 4) is 44.5 Å². The molecule has 3 N–H and O–H groups in total. The number of hydrogen-bond donors (Lipinski definition) is 2. The van der Waals surface area contributed by atoms with Crippen molar-refractivity contribution in [2.45, 2.75) is 103 Å². The van der Waals surface area contributed by atoms with Gasteiger partial charge in [0.15, 0.2) is 11.6 Å². The van der Waals surface area contributed by atoms with Crippen LogP contribution in [0.4, 0.5) is 54.9 Å². The Morgan fingerprint density at radius 1 is 0.441 bits per heavy atom. The lowest BCUT2D eigenvalue weighted by molar-refractivity contribution is -0.118. The predicted octanol–water partition coefficient (Wildman–Crippen LogP) is 22.9. The van der Waals surface area contributed by atoms with Gasteiger partial charge in [-0.25, -0.2) is 37.1 Å². The van der Waals surface area contributed by atoms with Crippen LogP contribution in [-0.2, 0) is 40.2 Å². The molecule has 0 saturated heterocycles. The summed E-state index contributed by atoms with van der Waals surface area (Å²) in [5.41, 5.74) is 21.9. The number of carbonyl (C=O) groups excluding carboxylic acids is 3. The van der Waals surface area contributed by atoms with Crippen LogP contribution in [0.3, 0.4) is 0 Å². The van der Waals surface area contributed by atoms with Crippen molar-refractivity contribution in [1.82, 2.24) is 19.9 Å². The van der Waals surface area contributed by atoms with Gasteiger partial charge in [0, 0.05) is 119 Å². The Kier molecular flexibility index (Phi) is 33.3. The van der Waals surface area contributed by atoms with Crippen LogP contribution in [-0.4, -0.2) is 95.2 Å². The molecule has 0 aliphatic rings. The van der Waals surface area contributed by atoms with E-state index in [0.29, 0.717) is 70.3 Å². The third-order valence-corrected chi connectivity index (χ3v) is 22.0. The Balaban J connectivity index is 0.000000180. The second kappa shape index (κ2) is 43.8. The predicted molar refractivity (Wildman–Crippen MR) is 468 cm³/mol. The van der Waals surface area contributed by atoms with E-state index in [4.69, 9.17) is 22.1 Å². The Morgan fingerprint density at radius 2 is 0.839 bits per heavy atom. The monoisotopic (exact) mass is 1640 g/mol. The standard InChI is InChI=1S/C25H29N3.C24H24ClFN2O.C24H24F2N2O.C23H22F3N3O2S/c1-4-17-28(3)24-14-12-23(13-15-24)22-10-8-21(9-11-22)19(2)5-6-20-7-16-25(26)27-18-20;1-3-14-28(2)22-11-10-20(15-21(22)26)18-6-8-19(9-7-18)23(29)12-4-17-5-13-24(25)27-16-17;1-3-14-28(2)22-11-10-20(15-21(22)25)18-6-8-19(9-7-18)23(29)12-4-17-5-13-24(26)27-16-17;1-3-22(30)29(2)20-10-6-17(14-19(20)24)15-4-8-18(9-5-15)32(27,31)13-12-16-7-11-21(25)28-23(16)26/h7-16,18H,2,4-6,17H2,1,3H3,(H2,26,27);2*5-11,13,15-16H,3-4,12,14H2,1-2H3;4-11,14,27H,3,12-13H2,1-2H3. The van der Waals surface area contributed by atoms with Gasteiger partial charge in [-0.3, -0.25) is 14.4 Å². The van der Waals surface area contributed by atoms with Crippen molar-refractivity contribution in [3.63, 3.8) is 0 Å². The van der Waals surface area contributed by atoms with E-state index in [-0.39, 0.29) is 63.8 Å². The maximum absolute atomic E-state index is 14.5. The van der Waals surface area contributed by atoms with Gasteiger partial charge in [0.2, 0.25) is 23.8 Å². The molecule has 14 nitrogen and oxygen atoms in total. The second-order valence-electron chi connectivity index (χ2n) is 28.6. The van der Waals surface area contributed by atoms with Crippen molar-refractivity contribution in [2.75, 3.05) is 78.9 Å². The summed E-state index contributed by atoms with van der Waals surface area (Å²) in [5, 5.41) is 0.442. The molecule has 0 aliphatic heterocycles. The van der Waals surface area contributed by atoms with Crippen molar-refractivity contribution in [3.05, 3.63) is 329 Å². The van der Waals surface area contributed by atoms with Crippen molar-refractivity contribution < 1.29 is 44.9 Å².